The molecule has 0 aliphatic rings. The van der Waals surface area contributed by atoms with Crippen molar-refractivity contribution in [1.82, 2.24) is 0 Å². The normalized spacial score (nSPS) is 11.2. The van der Waals surface area contributed by atoms with Crippen LogP contribution >= 0.6 is 139 Å². The van der Waals surface area contributed by atoms with Crippen LogP contribution in [-0.4, -0.2) is 66.6 Å². The van der Waals surface area contributed by atoms with Gasteiger partial charge in [0.25, 0.3) is 9.76 Å². The number of ether oxygens (including phenoxy) is 8. The van der Waals surface area contributed by atoms with E-state index in [2.05, 4.69) is 170 Å². The highest BCUT2D eigenvalue weighted by Gasteiger charge is 2.23. The van der Waals surface area contributed by atoms with Crippen LogP contribution in [0.3, 0.4) is 0 Å². The third kappa shape index (κ3) is 21.7. The quantitative estimate of drug-likeness (QED) is 0.0700. The van der Waals surface area contributed by atoms with Crippen LogP contribution in [0.1, 0.15) is 0 Å². The molecule has 0 aliphatic heterocycles. The molecule has 14 rings (SSSR count). The Morgan fingerprint density at radius 2 is 0.262 bits per heavy atom. The lowest BCUT2D eigenvalue weighted by Crippen LogP contribution is -1.93. The number of hydrogen-bond acceptors (Lipinski definition) is 8. The van der Waals surface area contributed by atoms with Gasteiger partial charge in [-0.05, 0) is 253 Å². The molecule has 0 fully saturated rings. The van der Waals surface area contributed by atoms with Crippen molar-refractivity contribution in [2.75, 3.05) is 56.9 Å². The molecule has 0 aliphatic carbocycles. The maximum absolute atomic E-state index is 5.54. The van der Waals surface area contributed by atoms with Crippen LogP contribution < -0.4 is 37.9 Å². The van der Waals surface area contributed by atoms with E-state index in [0.717, 1.165) is 113 Å². The molecular weight excluding hydrogens is 1600 g/mol. The van der Waals surface area contributed by atoms with Gasteiger partial charge in [0.1, 0.15) is 46.0 Å². The molecule has 14 aromatic carbocycles. The third-order valence-corrected chi connectivity index (χ3v) is 17.4. The van der Waals surface area contributed by atoms with E-state index in [1.807, 2.05) is 97.1 Å². The van der Waals surface area contributed by atoms with Crippen molar-refractivity contribution in [3.05, 3.63) is 267 Å². The summed E-state index contributed by atoms with van der Waals surface area (Å²) in [7, 11) is 13.6. The summed E-state index contributed by atoms with van der Waals surface area (Å²) in [5.41, 5.74) is 18.3. The zero-order valence-electron chi connectivity index (χ0n) is 58.7. The Balaban J connectivity index is 0.000000192. The topological polar surface area (TPSA) is 73.8 Å². The van der Waals surface area contributed by atoms with E-state index in [1.165, 1.54) is 65.3 Å². The van der Waals surface area contributed by atoms with Crippen LogP contribution in [0.25, 0.3) is 132 Å². The van der Waals surface area contributed by atoms with Gasteiger partial charge in [0.05, 0.1) is 56.9 Å². The lowest BCUT2D eigenvalue weighted by Gasteiger charge is -2.20. The Kier molecular flexibility index (Phi) is 28.1. The molecule has 0 atom stereocenters. The molecule has 0 heterocycles. The summed E-state index contributed by atoms with van der Waals surface area (Å²) in [5, 5.41) is 9.39. The third-order valence-electron chi connectivity index (χ3n) is 17.4. The first kappa shape index (κ1) is 81.5. The summed E-state index contributed by atoms with van der Waals surface area (Å²) in [5.74, 6) is 6.65. The highest BCUT2D eigenvalue weighted by molar-refractivity contribution is 6.84. The Morgan fingerprint density at radius 1 is 0.150 bits per heavy atom. The number of benzene rings is 14. The molecule has 548 valence electrons. The largest absolute Gasteiger partial charge is 0.497 e. The van der Waals surface area contributed by atoms with Crippen molar-refractivity contribution in [3.63, 3.8) is 0 Å². The van der Waals surface area contributed by atoms with Gasteiger partial charge in [0.15, 0.2) is 0 Å². The van der Waals surface area contributed by atoms with Gasteiger partial charge in [-0.1, -0.05) is 285 Å². The molecule has 14 aromatic rings. The second-order valence-electron chi connectivity index (χ2n) is 23.7. The van der Waals surface area contributed by atoms with E-state index in [9.17, 15) is 0 Å². The molecule has 8 nitrogen and oxygen atoms in total. The van der Waals surface area contributed by atoms with Crippen LogP contribution in [0.4, 0.5) is 0 Å². The average Bonchev–Trinajstić information content (AvgIpc) is 0.733. The molecule has 107 heavy (non-hydrogen) atoms. The monoisotopic (exact) mass is 1660 g/mol. The van der Waals surface area contributed by atoms with Crippen LogP contribution in [-0.2, 0) is 0 Å². The lowest BCUT2D eigenvalue weighted by molar-refractivity contribution is 0.415. The van der Waals surface area contributed by atoms with Gasteiger partial charge >= 0.3 is 0 Å². The molecule has 0 radical (unpaired) electrons. The highest BCUT2D eigenvalue weighted by atomic mass is 35.6. The van der Waals surface area contributed by atoms with Gasteiger partial charge < -0.3 is 37.9 Å². The molecule has 20 heteroatoms. The second kappa shape index (κ2) is 36.9. The number of alkyl halides is 12. The first-order valence-electron chi connectivity index (χ1n) is 32.7. The summed E-state index contributed by atoms with van der Waals surface area (Å²) in [6.07, 6.45) is 0. The molecule has 0 aromatic heterocycles. The summed E-state index contributed by atoms with van der Waals surface area (Å²) in [6, 6.07) is 93.6. The average molecular weight is 1670 g/mol. The standard InChI is InChI=1S/2C42H34O4.3CCl4/c2*1-43-33-15-5-27(6-16-33)31-13-23-37-39(25-31)42(30-11-21-36(46-4)22-12-30)40-26-32(28-7-17-34(44-2)18-8-28)14-24-38(40)41(37)29-9-19-35(45-3)20-10-29;3*2-1(3,4)5/h2*5-26H,1-4H3;;;. The maximum atomic E-state index is 5.54. The number of halogens is 12. The van der Waals surface area contributed by atoms with Crippen molar-refractivity contribution in [1.29, 1.82) is 0 Å². The molecule has 0 amide bonds. The highest BCUT2D eigenvalue weighted by Crippen LogP contribution is 2.49. The molecule has 0 unspecified atom stereocenters. The summed E-state index contributed by atoms with van der Waals surface area (Å²) >= 11 is 57.9. The first-order chi connectivity index (χ1) is 51.2. The van der Waals surface area contributed by atoms with Crippen LogP contribution in [0.2, 0.25) is 0 Å². The van der Waals surface area contributed by atoms with E-state index in [-0.39, 0.29) is 0 Å². The van der Waals surface area contributed by atoms with Crippen molar-refractivity contribution < 1.29 is 37.9 Å². The van der Waals surface area contributed by atoms with Crippen LogP contribution in [0, 0.1) is 0 Å². The fourth-order valence-electron chi connectivity index (χ4n) is 12.6. The van der Waals surface area contributed by atoms with Gasteiger partial charge in [0.2, 0.25) is 0 Å². The first-order valence-corrected chi connectivity index (χ1v) is 37.2. The van der Waals surface area contributed by atoms with E-state index < -0.39 is 9.76 Å². The van der Waals surface area contributed by atoms with Gasteiger partial charge in [0, 0.05) is 0 Å². The SMILES string of the molecule is COc1ccc(-c2ccc3c(-c4ccc(OC)cc4)c4ccc(-c5ccc(OC)cc5)cc4c(-c4ccc(OC)cc4)c3c2)cc1.COc1ccc(-c2ccc3c(-c4ccc(OC)cc4)c4ccc(-c5ccc(OC)cc5)cc4c(-c4ccc(OC)cc4)c3c2)cc1.ClC(Cl)(Cl)Cl.ClC(Cl)(Cl)Cl.ClC(Cl)(Cl)Cl. The zero-order chi connectivity index (χ0) is 76.7. The van der Waals surface area contributed by atoms with E-state index in [1.54, 1.807) is 56.9 Å². The molecular formula is C87H68Cl12O8. The lowest BCUT2D eigenvalue weighted by atomic mass is 9.84. The summed E-state index contributed by atoms with van der Waals surface area (Å²) in [6.45, 7) is 0. The predicted octanol–water partition coefficient (Wildman–Crippen LogP) is 29.0. The summed E-state index contributed by atoms with van der Waals surface area (Å²) < 4.78 is 39.0. The fraction of sp³-hybridized carbons (Fsp3) is 0.126. The minimum atomic E-state index is -1.61. The Labute approximate surface area is 682 Å². The van der Waals surface area contributed by atoms with Gasteiger partial charge in [-0.25, -0.2) is 0 Å². The molecule has 0 saturated heterocycles. The minimum Gasteiger partial charge on any atom is -0.497 e. The van der Waals surface area contributed by atoms with E-state index >= 15 is 0 Å². The number of fused-ring (bicyclic) bond motifs is 4. The van der Waals surface area contributed by atoms with Crippen molar-refractivity contribution in [2.24, 2.45) is 0 Å². The Hall–Kier alpha value is -8.00. The fourth-order valence-corrected chi connectivity index (χ4v) is 12.6. The van der Waals surface area contributed by atoms with Crippen molar-refractivity contribution in [2.45, 2.75) is 9.76 Å². The minimum absolute atomic E-state index is 0.824. The molecule has 0 bridgehead atoms. The van der Waals surface area contributed by atoms with Gasteiger partial charge in [-0.2, -0.15) is 0 Å². The molecule has 0 spiro atoms. The maximum Gasteiger partial charge on any atom is 0.266 e. The Bertz CT molecular complexity index is 4720. The second-order valence-corrected chi connectivity index (χ2v) is 33.9. The van der Waals surface area contributed by atoms with Crippen LogP contribution in [0.15, 0.2) is 267 Å². The number of methoxy groups -OCH3 is 8. The molecule has 0 N–H and O–H groups in total. The predicted molar refractivity (Wildman–Crippen MR) is 457 cm³/mol. The van der Waals surface area contributed by atoms with Crippen molar-refractivity contribution >= 4 is 182 Å². The Morgan fingerprint density at radius 3 is 0.393 bits per heavy atom. The number of rotatable bonds is 16. The smallest absolute Gasteiger partial charge is 0.266 e. The molecule has 0 saturated carbocycles. The zero-order valence-corrected chi connectivity index (χ0v) is 67.8. The van der Waals surface area contributed by atoms with Gasteiger partial charge in [-0.3, -0.25) is 0 Å². The van der Waals surface area contributed by atoms with E-state index in [0.29, 0.717) is 0 Å². The van der Waals surface area contributed by atoms with Crippen molar-refractivity contribution in [3.8, 4) is 135 Å². The summed E-state index contributed by atoms with van der Waals surface area (Å²) in [4.78, 5) is 0. The number of hydrogen-bond donors (Lipinski definition) is 0. The van der Waals surface area contributed by atoms with Gasteiger partial charge in [-0.15, -0.1) is 0 Å². The van der Waals surface area contributed by atoms with E-state index in [4.69, 9.17) is 177 Å². The van der Waals surface area contributed by atoms with Crippen LogP contribution in [0.5, 0.6) is 46.0 Å².